The van der Waals surface area contributed by atoms with E-state index in [1.54, 1.807) is 0 Å². The summed E-state index contributed by atoms with van der Waals surface area (Å²) in [6.07, 6.45) is 7.88. The molecule has 2 nitrogen and oxygen atoms in total. The SMILES string of the molecule is CCCC(Br)C(=O)OC1CCCCC1. The Morgan fingerprint density at radius 3 is 2.64 bits per heavy atom. The zero-order chi connectivity index (χ0) is 10.4. The molecule has 1 atom stereocenters. The fourth-order valence-electron chi connectivity index (χ4n) is 1.79. The van der Waals surface area contributed by atoms with Gasteiger partial charge in [-0.2, -0.15) is 0 Å². The summed E-state index contributed by atoms with van der Waals surface area (Å²) in [7, 11) is 0. The van der Waals surface area contributed by atoms with Crippen LogP contribution in [0.2, 0.25) is 0 Å². The molecular weight excluding hydrogens is 244 g/mol. The minimum absolute atomic E-state index is 0.0706. The van der Waals surface area contributed by atoms with Gasteiger partial charge in [-0.25, -0.2) is 0 Å². The second-order valence-corrected chi connectivity index (χ2v) is 5.06. The summed E-state index contributed by atoms with van der Waals surface area (Å²) in [6.45, 7) is 2.07. The van der Waals surface area contributed by atoms with Gasteiger partial charge in [-0.05, 0) is 32.1 Å². The van der Waals surface area contributed by atoms with E-state index in [0.717, 1.165) is 25.7 Å². The molecule has 0 spiro atoms. The Morgan fingerprint density at radius 2 is 2.07 bits per heavy atom. The molecule has 3 heteroatoms. The highest BCUT2D eigenvalue weighted by molar-refractivity contribution is 9.10. The summed E-state index contributed by atoms with van der Waals surface area (Å²) in [6, 6.07) is 0. The Balaban J connectivity index is 2.24. The molecule has 1 aliphatic rings. The summed E-state index contributed by atoms with van der Waals surface area (Å²) >= 11 is 3.36. The lowest BCUT2D eigenvalue weighted by Gasteiger charge is -2.22. The zero-order valence-electron chi connectivity index (χ0n) is 8.80. The second-order valence-electron chi connectivity index (χ2n) is 3.95. The molecule has 0 N–H and O–H groups in total. The molecule has 0 aliphatic heterocycles. The standard InChI is InChI=1S/C11H19BrO2/c1-2-6-10(12)11(13)14-9-7-4-3-5-8-9/h9-10H,2-8H2,1H3. The normalized spacial score (nSPS) is 20.4. The van der Waals surface area contributed by atoms with E-state index < -0.39 is 0 Å². The molecule has 0 amide bonds. The van der Waals surface area contributed by atoms with Crippen molar-refractivity contribution in [1.29, 1.82) is 0 Å². The maximum atomic E-state index is 11.5. The molecule has 0 bridgehead atoms. The maximum Gasteiger partial charge on any atom is 0.319 e. The van der Waals surface area contributed by atoms with Crippen LogP contribution in [0.4, 0.5) is 0 Å². The van der Waals surface area contributed by atoms with Gasteiger partial charge in [0, 0.05) is 0 Å². The van der Waals surface area contributed by atoms with Crippen molar-refractivity contribution < 1.29 is 9.53 Å². The summed E-state index contributed by atoms with van der Waals surface area (Å²) < 4.78 is 5.42. The largest absolute Gasteiger partial charge is 0.462 e. The summed E-state index contributed by atoms with van der Waals surface area (Å²) in [5.74, 6) is -0.0706. The smallest absolute Gasteiger partial charge is 0.319 e. The molecule has 14 heavy (non-hydrogen) atoms. The number of rotatable bonds is 4. The highest BCUT2D eigenvalue weighted by atomic mass is 79.9. The molecule has 1 saturated carbocycles. The summed E-state index contributed by atoms with van der Waals surface area (Å²) in [4.78, 5) is 11.4. The predicted octanol–water partition coefficient (Wildman–Crippen LogP) is 3.43. The molecule has 0 saturated heterocycles. The van der Waals surface area contributed by atoms with E-state index in [1.165, 1.54) is 19.3 Å². The van der Waals surface area contributed by atoms with Gasteiger partial charge in [0.05, 0.1) is 0 Å². The third-order valence-electron chi connectivity index (χ3n) is 2.63. The second kappa shape index (κ2) is 6.44. The number of halogens is 1. The van der Waals surface area contributed by atoms with Gasteiger partial charge in [-0.15, -0.1) is 0 Å². The van der Waals surface area contributed by atoms with Crippen LogP contribution in [0.15, 0.2) is 0 Å². The van der Waals surface area contributed by atoms with Gasteiger partial charge in [0.15, 0.2) is 0 Å². The van der Waals surface area contributed by atoms with Crippen molar-refractivity contribution in [1.82, 2.24) is 0 Å². The van der Waals surface area contributed by atoms with Gasteiger partial charge in [0.2, 0.25) is 0 Å². The van der Waals surface area contributed by atoms with Crippen molar-refractivity contribution in [2.45, 2.75) is 62.8 Å². The van der Waals surface area contributed by atoms with Crippen molar-refractivity contribution in [3.63, 3.8) is 0 Å². The lowest BCUT2D eigenvalue weighted by molar-refractivity contribution is -0.149. The Hall–Kier alpha value is -0.0500. The lowest BCUT2D eigenvalue weighted by Crippen LogP contribution is -2.26. The Labute approximate surface area is 94.5 Å². The fourth-order valence-corrected chi connectivity index (χ4v) is 2.36. The molecular formula is C11H19BrO2. The maximum absolute atomic E-state index is 11.5. The highest BCUT2D eigenvalue weighted by Crippen LogP contribution is 2.22. The minimum atomic E-state index is -0.102. The van der Waals surface area contributed by atoms with Crippen LogP contribution in [-0.2, 0) is 9.53 Å². The first-order valence-corrected chi connectivity index (χ1v) is 6.50. The Kier molecular flexibility index (Phi) is 5.53. The number of carbonyl (C=O) groups excluding carboxylic acids is 1. The van der Waals surface area contributed by atoms with Gasteiger partial charge in [-0.3, -0.25) is 4.79 Å². The summed E-state index contributed by atoms with van der Waals surface area (Å²) in [5.41, 5.74) is 0. The van der Waals surface area contributed by atoms with Crippen LogP contribution in [0.5, 0.6) is 0 Å². The molecule has 1 fully saturated rings. The number of alkyl halides is 1. The van der Waals surface area contributed by atoms with Crippen molar-refractivity contribution in [3.8, 4) is 0 Å². The number of esters is 1. The number of ether oxygens (including phenoxy) is 1. The molecule has 1 aliphatic carbocycles. The average molecular weight is 263 g/mol. The topological polar surface area (TPSA) is 26.3 Å². The van der Waals surface area contributed by atoms with Gasteiger partial charge >= 0.3 is 5.97 Å². The molecule has 0 aromatic rings. The lowest BCUT2D eigenvalue weighted by atomic mass is 9.98. The van der Waals surface area contributed by atoms with Crippen molar-refractivity contribution in [3.05, 3.63) is 0 Å². The van der Waals surface area contributed by atoms with Crippen LogP contribution < -0.4 is 0 Å². The van der Waals surface area contributed by atoms with E-state index >= 15 is 0 Å². The van der Waals surface area contributed by atoms with E-state index in [9.17, 15) is 4.79 Å². The Morgan fingerprint density at radius 1 is 1.43 bits per heavy atom. The van der Waals surface area contributed by atoms with Crippen LogP contribution >= 0.6 is 15.9 Å². The van der Waals surface area contributed by atoms with E-state index in [0.29, 0.717) is 0 Å². The third-order valence-corrected chi connectivity index (χ3v) is 3.46. The number of hydrogen-bond acceptors (Lipinski definition) is 2. The average Bonchev–Trinajstić information content (AvgIpc) is 2.19. The van der Waals surface area contributed by atoms with Gasteiger partial charge < -0.3 is 4.74 Å². The Bertz CT molecular complexity index is 176. The molecule has 0 radical (unpaired) electrons. The third kappa shape index (κ3) is 3.99. The van der Waals surface area contributed by atoms with Crippen LogP contribution in [0.25, 0.3) is 0 Å². The van der Waals surface area contributed by atoms with E-state index in [2.05, 4.69) is 22.9 Å². The molecule has 1 unspecified atom stereocenters. The number of carbonyl (C=O) groups is 1. The highest BCUT2D eigenvalue weighted by Gasteiger charge is 2.21. The van der Waals surface area contributed by atoms with Crippen molar-refractivity contribution >= 4 is 21.9 Å². The molecule has 0 heterocycles. The molecule has 0 aromatic carbocycles. The molecule has 0 aromatic heterocycles. The first kappa shape index (κ1) is 12.0. The van der Waals surface area contributed by atoms with Gasteiger partial charge in [-0.1, -0.05) is 35.7 Å². The summed E-state index contributed by atoms with van der Waals surface area (Å²) in [5, 5.41) is 0. The van der Waals surface area contributed by atoms with Gasteiger partial charge in [0.25, 0.3) is 0 Å². The predicted molar refractivity (Wildman–Crippen MR) is 60.6 cm³/mol. The monoisotopic (exact) mass is 262 g/mol. The van der Waals surface area contributed by atoms with Crippen LogP contribution in [0, 0.1) is 0 Å². The fraction of sp³-hybridized carbons (Fsp3) is 0.909. The van der Waals surface area contributed by atoms with Gasteiger partial charge in [0.1, 0.15) is 10.9 Å². The van der Waals surface area contributed by atoms with E-state index in [-0.39, 0.29) is 16.9 Å². The quantitative estimate of drug-likeness (QED) is 0.573. The molecule has 1 rings (SSSR count). The van der Waals surface area contributed by atoms with Crippen molar-refractivity contribution in [2.24, 2.45) is 0 Å². The van der Waals surface area contributed by atoms with E-state index in [4.69, 9.17) is 4.74 Å². The first-order valence-electron chi connectivity index (χ1n) is 5.58. The first-order chi connectivity index (χ1) is 6.74. The van der Waals surface area contributed by atoms with Crippen LogP contribution in [0.1, 0.15) is 51.9 Å². The molecule has 82 valence electrons. The number of hydrogen-bond donors (Lipinski definition) is 0. The zero-order valence-corrected chi connectivity index (χ0v) is 10.4. The van der Waals surface area contributed by atoms with E-state index in [1.807, 2.05) is 0 Å². The van der Waals surface area contributed by atoms with Crippen LogP contribution in [0.3, 0.4) is 0 Å². The van der Waals surface area contributed by atoms with Crippen molar-refractivity contribution in [2.75, 3.05) is 0 Å². The minimum Gasteiger partial charge on any atom is -0.462 e. The van der Waals surface area contributed by atoms with Crippen LogP contribution in [-0.4, -0.2) is 16.9 Å².